The van der Waals surface area contributed by atoms with Crippen LogP contribution >= 0.6 is 0 Å². The number of carboxylic acid groups (broad SMARTS) is 1. The third kappa shape index (κ3) is 3.07. The Morgan fingerprint density at radius 1 is 1.26 bits per heavy atom. The highest BCUT2D eigenvalue weighted by atomic mass is 19.2. The molecule has 0 bridgehead atoms. The summed E-state index contributed by atoms with van der Waals surface area (Å²) in [5.74, 6) is -3.94. The van der Waals surface area contributed by atoms with Crippen LogP contribution in [0.25, 0.3) is 0 Å². The van der Waals surface area contributed by atoms with E-state index in [4.69, 9.17) is 5.11 Å². The van der Waals surface area contributed by atoms with Crippen LogP contribution in [-0.2, 0) is 4.79 Å². The Labute approximate surface area is 108 Å². The van der Waals surface area contributed by atoms with Crippen molar-refractivity contribution in [2.75, 3.05) is 5.32 Å². The van der Waals surface area contributed by atoms with Crippen LogP contribution in [0.1, 0.15) is 36.0 Å². The third-order valence-corrected chi connectivity index (χ3v) is 3.26. The Morgan fingerprint density at radius 3 is 2.42 bits per heavy atom. The molecule has 6 heteroatoms. The van der Waals surface area contributed by atoms with E-state index in [2.05, 4.69) is 5.32 Å². The van der Waals surface area contributed by atoms with Crippen LogP contribution in [0.3, 0.4) is 0 Å². The lowest BCUT2D eigenvalue weighted by atomic mass is 9.83. The minimum atomic E-state index is -1.42. The summed E-state index contributed by atoms with van der Waals surface area (Å²) in [5.41, 5.74) is -0.670. The van der Waals surface area contributed by atoms with Gasteiger partial charge in [0.1, 0.15) is 0 Å². The number of halogens is 2. The molecule has 0 aromatic heterocycles. The van der Waals surface area contributed by atoms with Gasteiger partial charge < -0.3 is 10.4 Å². The summed E-state index contributed by atoms with van der Waals surface area (Å²) in [4.78, 5) is 22.6. The maximum absolute atomic E-state index is 13.1. The Bertz CT molecular complexity index is 527. The van der Waals surface area contributed by atoms with E-state index in [-0.39, 0.29) is 18.0 Å². The number of carbonyl (C=O) groups is 2. The highest BCUT2D eigenvalue weighted by Gasteiger charge is 2.22. The molecule has 1 aliphatic rings. The molecular weight excluding hydrogens is 256 g/mol. The second-order valence-electron chi connectivity index (χ2n) is 4.67. The van der Waals surface area contributed by atoms with Crippen LogP contribution in [-0.4, -0.2) is 17.0 Å². The first-order valence-electron chi connectivity index (χ1n) is 5.99. The van der Waals surface area contributed by atoms with E-state index in [0.29, 0.717) is 18.1 Å². The molecule has 2 rings (SSSR count). The van der Waals surface area contributed by atoms with Crippen molar-refractivity contribution >= 4 is 17.6 Å². The molecule has 1 aromatic rings. The molecule has 4 nitrogen and oxygen atoms in total. The Morgan fingerprint density at radius 2 is 1.89 bits per heavy atom. The molecule has 1 amide bonds. The number of hydrogen-bond acceptors (Lipinski definition) is 2. The molecule has 2 N–H and O–H groups in total. The topological polar surface area (TPSA) is 66.4 Å². The Hall–Kier alpha value is -1.98. The van der Waals surface area contributed by atoms with Gasteiger partial charge in [-0.1, -0.05) is 6.42 Å². The van der Waals surface area contributed by atoms with Crippen molar-refractivity contribution in [1.29, 1.82) is 0 Å². The number of carboxylic acids is 1. The zero-order valence-corrected chi connectivity index (χ0v) is 10.1. The maximum Gasteiger partial charge on any atom is 0.337 e. The normalized spacial score (nSPS) is 14.8. The van der Waals surface area contributed by atoms with Crippen molar-refractivity contribution in [2.24, 2.45) is 5.92 Å². The number of carbonyl (C=O) groups excluding carboxylic acids is 1. The number of amides is 1. The number of anilines is 1. The molecule has 0 saturated heterocycles. The largest absolute Gasteiger partial charge is 0.478 e. The molecule has 0 spiro atoms. The number of rotatable bonds is 4. The average Bonchev–Trinajstić information content (AvgIpc) is 2.28. The third-order valence-electron chi connectivity index (χ3n) is 3.26. The molecule has 1 saturated carbocycles. The Balaban J connectivity index is 2.15. The monoisotopic (exact) mass is 269 g/mol. The highest BCUT2D eigenvalue weighted by Crippen LogP contribution is 2.30. The summed E-state index contributed by atoms with van der Waals surface area (Å²) < 4.78 is 26.1. The van der Waals surface area contributed by atoms with Gasteiger partial charge in [-0.15, -0.1) is 0 Å². The molecule has 1 aliphatic carbocycles. The van der Waals surface area contributed by atoms with Gasteiger partial charge in [0.2, 0.25) is 5.91 Å². The van der Waals surface area contributed by atoms with Gasteiger partial charge in [-0.25, -0.2) is 13.6 Å². The smallest absolute Gasteiger partial charge is 0.337 e. The SMILES string of the molecule is O=C(CC1CCC1)Nc1cc(F)c(F)cc1C(=O)O. The minimum absolute atomic E-state index is 0.212. The summed E-state index contributed by atoms with van der Waals surface area (Å²) in [5, 5.41) is 11.2. The second-order valence-corrected chi connectivity index (χ2v) is 4.67. The van der Waals surface area contributed by atoms with Crippen molar-refractivity contribution in [3.63, 3.8) is 0 Å². The van der Waals surface area contributed by atoms with E-state index >= 15 is 0 Å². The summed E-state index contributed by atoms with van der Waals surface area (Å²) in [6.45, 7) is 0. The first-order chi connectivity index (χ1) is 8.97. The zero-order valence-electron chi connectivity index (χ0n) is 10.1. The highest BCUT2D eigenvalue weighted by molar-refractivity contribution is 6.00. The average molecular weight is 269 g/mol. The van der Waals surface area contributed by atoms with E-state index in [1.54, 1.807) is 0 Å². The van der Waals surface area contributed by atoms with Crippen molar-refractivity contribution in [2.45, 2.75) is 25.7 Å². The van der Waals surface area contributed by atoms with Gasteiger partial charge in [-0.3, -0.25) is 4.79 Å². The number of hydrogen-bond donors (Lipinski definition) is 2. The van der Waals surface area contributed by atoms with E-state index in [9.17, 15) is 18.4 Å². The quantitative estimate of drug-likeness (QED) is 0.883. The molecule has 1 fully saturated rings. The molecule has 1 aromatic carbocycles. The van der Waals surface area contributed by atoms with Crippen LogP contribution in [0.2, 0.25) is 0 Å². The lowest BCUT2D eigenvalue weighted by Gasteiger charge is -2.24. The van der Waals surface area contributed by atoms with Gasteiger partial charge >= 0.3 is 5.97 Å². The lowest BCUT2D eigenvalue weighted by Crippen LogP contribution is -2.22. The fourth-order valence-corrected chi connectivity index (χ4v) is 1.99. The maximum atomic E-state index is 13.1. The molecule has 0 heterocycles. The fourth-order valence-electron chi connectivity index (χ4n) is 1.99. The van der Waals surface area contributed by atoms with E-state index in [1.165, 1.54) is 0 Å². The van der Waals surface area contributed by atoms with Crippen LogP contribution < -0.4 is 5.32 Å². The van der Waals surface area contributed by atoms with Gasteiger partial charge in [-0.05, 0) is 24.8 Å². The van der Waals surface area contributed by atoms with E-state index in [1.807, 2.05) is 0 Å². The first-order valence-corrected chi connectivity index (χ1v) is 5.99. The second kappa shape index (κ2) is 5.34. The molecule has 0 radical (unpaired) electrons. The molecule has 19 heavy (non-hydrogen) atoms. The van der Waals surface area contributed by atoms with Crippen LogP contribution in [0.15, 0.2) is 12.1 Å². The molecule has 102 valence electrons. The lowest BCUT2D eigenvalue weighted by molar-refractivity contribution is -0.117. The van der Waals surface area contributed by atoms with Crippen molar-refractivity contribution in [1.82, 2.24) is 0 Å². The summed E-state index contributed by atoms with van der Waals surface area (Å²) >= 11 is 0. The van der Waals surface area contributed by atoms with Crippen LogP contribution in [0, 0.1) is 17.6 Å². The first kappa shape index (κ1) is 13.5. The summed E-state index contributed by atoms with van der Waals surface area (Å²) in [6.07, 6.45) is 3.30. The molecule has 0 atom stereocenters. The summed E-state index contributed by atoms with van der Waals surface area (Å²) in [7, 11) is 0. The standard InChI is InChI=1S/C13H13F2NO3/c14-9-5-8(13(18)19)11(6-10(9)15)16-12(17)4-7-2-1-3-7/h5-7H,1-4H2,(H,16,17)(H,18,19). The van der Waals surface area contributed by atoms with Gasteiger partial charge in [-0.2, -0.15) is 0 Å². The minimum Gasteiger partial charge on any atom is -0.478 e. The van der Waals surface area contributed by atoms with E-state index in [0.717, 1.165) is 19.3 Å². The van der Waals surface area contributed by atoms with Gasteiger partial charge in [0.15, 0.2) is 11.6 Å². The predicted molar refractivity (Wildman–Crippen MR) is 63.9 cm³/mol. The van der Waals surface area contributed by atoms with Gasteiger partial charge in [0, 0.05) is 12.5 Å². The molecule has 0 aliphatic heterocycles. The zero-order chi connectivity index (χ0) is 14.0. The van der Waals surface area contributed by atoms with Crippen molar-refractivity contribution in [3.8, 4) is 0 Å². The summed E-state index contributed by atoms with van der Waals surface area (Å²) in [6, 6.07) is 1.26. The van der Waals surface area contributed by atoms with Crippen LogP contribution in [0.4, 0.5) is 14.5 Å². The van der Waals surface area contributed by atoms with Crippen molar-refractivity contribution < 1.29 is 23.5 Å². The Kier molecular flexibility index (Phi) is 3.78. The van der Waals surface area contributed by atoms with Gasteiger partial charge in [0.25, 0.3) is 0 Å². The number of nitrogens with one attached hydrogen (secondary N) is 1. The molecular formula is C13H13F2NO3. The van der Waals surface area contributed by atoms with E-state index < -0.39 is 23.2 Å². The number of benzene rings is 1. The number of aromatic carboxylic acids is 1. The van der Waals surface area contributed by atoms with Crippen LogP contribution in [0.5, 0.6) is 0 Å². The van der Waals surface area contributed by atoms with Gasteiger partial charge in [0.05, 0.1) is 11.3 Å². The fraction of sp³-hybridized carbons (Fsp3) is 0.385. The predicted octanol–water partition coefficient (Wildman–Crippen LogP) is 2.79. The van der Waals surface area contributed by atoms with Crippen molar-refractivity contribution in [3.05, 3.63) is 29.3 Å². The molecule has 0 unspecified atom stereocenters.